The fourth-order valence-electron chi connectivity index (χ4n) is 2.99. The number of rotatable bonds is 6. The minimum absolute atomic E-state index is 0.162. The Morgan fingerprint density at radius 3 is 2.35 bits per heavy atom. The van der Waals surface area contributed by atoms with E-state index in [4.69, 9.17) is 5.73 Å². The molecular formula is C17H31N3. The lowest BCUT2D eigenvalue weighted by Gasteiger charge is -2.43. The van der Waals surface area contributed by atoms with Gasteiger partial charge in [0, 0.05) is 24.3 Å². The third kappa shape index (κ3) is 4.57. The van der Waals surface area contributed by atoms with Gasteiger partial charge in [-0.25, -0.2) is 0 Å². The van der Waals surface area contributed by atoms with Gasteiger partial charge in [-0.1, -0.05) is 40.7 Å². The molecule has 0 spiro atoms. The molecule has 1 rings (SSSR count). The summed E-state index contributed by atoms with van der Waals surface area (Å²) in [5, 5.41) is 0. The molecule has 0 aliphatic carbocycles. The van der Waals surface area contributed by atoms with Gasteiger partial charge in [0.2, 0.25) is 0 Å². The van der Waals surface area contributed by atoms with E-state index in [1.807, 2.05) is 13.0 Å². The lowest BCUT2D eigenvalue weighted by Crippen LogP contribution is -2.54. The van der Waals surface area contributed by atoms with E-state index in [-0.39, 0.29) is 11.5 Å². The van der Waals surface area contributed by atoms with Crippen LogP contribution in [0.2, 0.25) is 0 Å². The second-order valence-electron chi connectivity index (χ2n) is 6.72. The van der Waals surface area contributed by atoms with E-state index in [9.17, 15) is 0 Å². The fourth-order valence-corrected chi connectivity index (χ4v) is 2.99. The van der Waals surface area contributed by atoms with Crippen molar-refractivity contribution in [1.29, 1.82) is 0 Å². The summed E-state index contributed by atoms with van der Waals surface area (Å²) >= 11 is 0. The second-order valence-corrected chi connectivity index (χ2v) is 6.72. The highest BCUT2D eigenvalue weighted by molar-refractivity contribution is 5.10. The van der Waals surface area contributed by atoms with Gasteiger partial charge in [0.15, 0.2) is 0 Å². The topological polar surface area (TPSA) is 42.1 Å². The van der Waals surface area contributed by atoms with Gasteiger partial charge >= 0.3 is 0 Å². The summed E-state index contributed by atoms with van der Waals surface area (Å²) in [6, 6.07) is 6.78. The molecule has 1 aromatic heterocycles. The Labute approximate surface area is 124 Å². The van der Waals surface area contributed by atoms with E-state index < -0.39 is 0 Å². The molecule has 3 nitrogen and oxygen atoms in total. The molecule has 1 aromatic rings. The highest BCUT2D eigenvalue weighted by atomic mass is 15.2. The minimum Gasteiger partial charge on any atom is -0.326 e. The predicted molar refractivity (Wildman–Crippen MR) is 86.6 cm³/mol. The quantitative estimate of drug-likeness (QED) is 0.867. The van der Waals surface area contributed by atoms with Crippen molar-refractivity contribution in [3.63, 3.8) is 0 Å². The van der Waals surface area contributed by atoms with Gasteiger partial charge in [0.1, 0.15) is 0 Å². The zero-order valence-electron chi connectivity index (χ0n) is 14.0. The maximum absolute atomic E-state index is 6.40. The van der Waals surface area contributed by atoms with Crippen LogP contribution in [0.15, 0.2) is 18.2 Å². The van der Waals surface area contributed by atoms with Crippen LogP contribution in [-0.4, -0.2) is 28.5 Å². The Balaban J connectivity index is 2.96. The van der Waals surface area contributed by atoms with E-state index in [0.29, 0.717) is 6.04 Å². The molecule has 114 valence electrons. The van der Waals surface area contributed by atoms with Crippen molar-refractivity contribution >= 4 is 0 Å². The standard InChI is InChI=1S/C17H31N3/c1-7-15(18)16(17(4,5)6)20(8-2)12-14-11-9-10-13(3)19-14/h9-11,15-16H,7-8,12,18H2,1-6H3. The molecule has 0 saturated heterocycles. The van der Waals surface area contributed by atoms with Crippen molar-refractivity contribution < 1.29 is 0 Å². The van der Waals surface area contributed by atoms with Crippen LogP contribution < -0.4 is 5.73 Å². The van der Waals surface area contributed by atoms with Gasteiger partial charge < -0.3 is 5.73 Å². The van der Waals surface area contributed by atoms with Gasteiger partial charge in [-0.05, 0) is 37.4 Å². The Morgan fingerprint density at radius 1 is 1.25 bits per heavy atom. The smallest absolute Gasteiger partial charge is 0.0547 e. The molecule has 0 amide bonds. The van der Waals surface area contributed by atoms with Crippen molar-refractivity contribution in [3.05, 3.63) is 29.6 Å². The zero-order chi connectivity index (χ0) is 15.3. The number of hydrogen-bond acceptors (Lipinski definition) is 3. The molecular weight excluding hydrogens is 246 g/mol. The van der Waals surface area contributed by atoms with Crippen molar-refractivity contribution in [1.82, 2.24) is 9.88 Å². The van der Waals surface area contributed by atoms with Crippen molar-refractivity contribution in [3.8, 4) is 0 Å². The normalized spacial score (nSPS) is 15.4. The van der Waals surface area contributed by atoms with Gasteiger partial charge in [0.05, 0.1) is 5.69 Å². The van der Waals surface area contributed by atoms with Crippen LogP contribution in [0.3, 0.4) is 0 Å². The molecule has 0 saturated carbocycles. The fraction of sp³-hybridized carbons (Fsp3) is 0.706. The molecule has 0 bridgehead atoms. The minimum atomic E-state index is 0.162. The van der Waals surface area contributed by atoms with Gasteiger partial charge in [-0.2, -0.15) is 0 Å². The second kappa shape index (κ2) is 7.19. The number of likely N-dealkylation sites (N-methyl/N-ethyl adjacent to an activating group) is 1. The van der Waals surface area contributed by atoms with Crippen LogP contribution in [0.5, 0.6) is 0 Å². The third-order valence-electron chi connectivity index (χ3n) is 3.87. The number of nitrogens with zero attached hydrogens (tertiary/aromatic N) is 2. The largest absolute Gasteiger partial charge is 0.326 e. The molecule has 2 N–H and O–H groups in total. The van der Waals surface area contributed by atoms with Crippen molar-refractivity contribution in [2.24, 2.45) is 11.1 Å². The molecule has 0 aliphatic rings. The molecule has 0 aliphatic heterocycles. The van der Waals surface area contributed by atoms with E-state index >= 15 is 0 Å². The monoisotopic (exact) mass is 277 g/mol. The van der Waals surface area contributed by atoms with Crippen LogP contribution in [0.1, 0.15) is 52.4 Å². The number of hydrogen-bond donors (Lipinski definition) is 1. The highest BCUT2D eigenvalue weighted by Gasteiger charge is 2.33. The first kappa shape index (κ1) is 17.1. The third-order valence-corrected chi connectivity index (χ3v) is 3.87. The summed E-state index contributed by atoms with van der Waals surface area (Å²) in [6.45, 7) is 15.1. The van der Waals surface area contributed by atoms with Crippen LogP contribution in [0, 0.1) is 12.3 Å². The predicted octanol–water partition coefficient (Wildman–Crippen LogP) is 3.36. The van der Waals surface area contributed by atoms with Crippen molar-refractivity contribution in [2.75, 3.05) is 6.54 Å². The Hall–Kier alpha value is -0.930. The highest BCUT2D eigenvalue weighted by Crippen LogP contribution is 2.28. The summed E-state index contributed by atoms with van der Waals surface area (Å²) in [5.74, 6) is 0. The first-order valence-corrected chi connectivity index (χ1v) is 7.71. The maximum Gasteiger partial charge on any atom is 0.0547 e. The van der Waals surface area contributed by atoms with Crippen LogP contribution in [0.25, 0.3) is 0 Å². The number of aryl methyl sites for hydroxylation is 1. The number of aromatic nitrogens is 1. The molecule has 20 heavy (non-hydrogen) atoms. The van der Waals surface area contributed by atoms with Crippen LogP contribution >= 0.6 is 0 Å². The lowest BCUT2D eigenvalue weighted by molar-refractivity contribution is 0.0732. The van der Waals surface area contributed by atoms with E-state index in [1.165, 1.54) is 0 Å². The van der Waals surface area contributed by atoms with Gasteiger partial charge in [0.25, 0.3) is 0 Å². The molecule has 3 heteroatoms. The van der Waals surface area contributed by atoms with Crippen molar-refractivity contribution in [2.45, 2.75) is 66.6 Å². The maximum atomic E-state index is 6.40. The zero-order valence-corrected chi connectivity index (χ0v) is 14.0. The summed E-state index contributed by atoms with van der Waals surface area (Å²) in [7, 11) is 0. The average molecular weight is 277 g/mol. The first-order chi connectivity index (χ1) is 9.29. The Kier molecular flexibility index (Phi) is 6.15. The lowest BCUT2D eigenvalue weighted by atomic mass is 9.80. The first-order valence-electron chi connectivity index (χ1n) is 7.71. The summed E-state index contributed by atoms with van der Waals surface area (Å²) in [4.78, 5) is 7.10. The summed E-state index contributed by atoms with van der Waals surface area (Å²) in [5.41, 5.74) is 8.77. The molecule has 2 atom stereocenters. The van der Waals surface area contributed by atoms with Gasteiger partial charge in [-0.3, -0.25) is 9.88 Å². The van der Waals surface area contributed by atoms with Crippen LogP contribution in [0.4, 0.5) is 0 Å². The molecule has 0 radical (unpaired) electrons. The van der Waals surface area contributed by atoms with Gasteiger partial charge in [-0.15, -0.1) is 0 Å². The molecule has 1 heterocycles. The Morgan fingerprint density at radius 2 is 1.90 bits per heavy atom. The Bertz CT molecular complexity index is 409. The summed E-state index contributed by atoms with van der Waals surface area (Å²) < 4.78 is 0. The SMILES string of the molecule is CCC(N)C(N(CC)Cc1cccc(C)n1)C(C)(C)C. The van der Waals surface area contributed by atoms with E-state index in [1.54, 1.807) is 0 Å². The number of pyridine rings is 1. The number of nitrogens with two attached hydrogens (primary N) is 1. The molecule has 0 aromatic carbocycles. The van der Waals surface area contributed by atoms with E-state index in [2.05, 4.69) is 56.6 Å². The molecule has 2 unspecified atom stereocenters. The van der Waals surface area contributed by atoms with Crippen LogP contribution in [-0.2, 0) is 6.54 Å². The van der Waals surface area contributed by atoms with E-state index in [0.717, 1.165) is 30.9 Å². The average Bonchev–Trinajstić information content (AvgIpc) is 2.36. The molecule has 0 fully saturated rings. The summed E-state index contributed by atoms with van der Waals surface area (Å²) in [6.07, 6.45) is 1.000.